The van der Waals surface area contributed by atoms with Crippen LogP contribution in [0.2, 0.25) is 0 Å². The third-order valence-corrected chi connectivity index (χ3v) is 4.63. The number of hydrogen-bond acceptors (Lipinski definition) is 3. The average Bonchev–Trinajstić information content (AvgIpc) is 2.84. The first-order chi connectivity index (χ1) is 10.0. The van der Waals surface area contributed by atoms with Gasteiger partial charge in [0, 0.05) is 7.05 Å². The summed E-state index contributed by atoms with van der Waals surface area (Å²) in [5, 5.41) is 1.99. The van der Waals surface area contributed by atoms with Crippen molar-refractivity contribution in [3.05, 3.63) is 51.4 Å². The van der Waals surface area contributed by atoms with Crippen LogP contribution in [-0.4, -0.2) is 11.7 Å². The molecular weight excluding hydrogens is 289 g/mol. The summed E-state index contributed by atoms with van der Waals surface area (Å²) < 4.78 is 21.5. The van der Waals surface area contributed by atoms with E-state index in [1.807, 2.05) is 12.3 Å². The molecule has 0 atom stereocenters. The van der Waals surface area contributed by atoms with Crippen molar-refractivity contribution in [1.29, 1.82) is 0 Å². The van der Waals surface area contributed by atoms with Gasteiger partial charge >= 0.3 is 0 Å². The maximum Gasteiger partial charge on any atom is 0.262 e. The van der Waals surface area contributed by atoms with Gasteiger partial charge in [0.25, 0.3) is 5.56 Å². The standard InChI is InChI=1S/C16H14FNO2S/c1-9-8-21-15-13(9)18(2)16(19)12(14(15)20-3)10-5-4-6-11(17)7-10/h4-8H,1-3H3. The zero-order chi connectivity index (χ0) is 15.1. The van der Waals surface area contributed by atoms with Gasteiger partial charge < -0.3 is 9.30 Å². The smallest absolute Gasteiger partial charge is 0.262 e. The molecule has 0 saturated carbocycles. The molecule has 2 aromatic heterocycles. The van der Waals surface area contributed by atoms with E-state index in [2.05, 4.69) is 0 Å². The Morgan fingerprint density at radius 1 is 1.33 bits per heavy atom. The molecule has 0 bridgehead atoms. The van der Waals surface area contributed by atoms with Crippen LogP contribution in [0.3, 0.4) is 0 Å². The third-order valence-electron chi connectivity index (χ3n) is 3.55. The summed E-state index contributed by atoms with van der Waals surface area (Å²) in [6.45, 7) is 1.96. The molecule has 0 aliphatic heterocycles. The highest BCUT2D eigenvalue weighted by Crippen LogP contribution is 2.38. The molecule has 108 valence electrons. The quantitative estimate of drug-likeness (QED) is 0.722. The van der Waals surface area contributed by atoms with Gasteiger partial charge in [-0.3, -0.25) is 4.79 Å². The summed E-state index contributed by atoms with van der Waals surface area (Å²) in [5.41, 5.74) is 2.63. The molecule has 3 rings (SSSR count). The summed E-state index contributed by atoms with van der Waals surface area (Å²) >= 11 is 1.52. The lowest BCUT2D eigenvalue weighted by molar-refractivity contribution is 0.421. The zero-order valence-electron chi connectivity index (χ0n) is 11.9. The molecule has 0 N–H and O–H groups in total. The van der Waals surface area contributed by atoms with E-state index in [1.165, 1.54) is 30.6 Å². The van der Waals surface area contributed by atoms with Crippen molar-refractivity contribution in [3.8, 4) is 16.9 Å². The van der Waals surface area contributed by atoms with Crippen molar-refractivity contribution in [2.75, 3.05) is 7.11 Å². The van der Waals surface area contributed by atoms with Crippen LogP contribution in [0, 0.1) is 12.7 Å². The molecule has 3 aromatic rings. The van der Waals surface area contributed by atoms with Crippen molar-refractivity contribution >= 4 is 21.6 Å². The number of halogens is 1. The number of thiophene rings is 1. The SMILES string of the molecule is COc1c(-c2cccc(F)c2)c(=O)n(C)c2c(C)csc12. The fourth-order valence-electron chi connectivity index (χ4n) is 2.59. The van der Waals surface area contributed by atoms with Crippen molar-refractivity contribution < 1.29 is 9.13 Å². The van der Waals surface area contributed by atoms with E-state index in [-0.39, 0.29) is 11.4 Å². The summed E-state index contributed by atoms with van der Waals surface area (Å²) in [4.78, 5) is 12.7. The van der Waals surface area contributed by atoms with Gasteiger partial charge in [-0.2, -0.15) is 0 Å². The van der Waals surface area contributed by atoms with Crippen molar-refractivity contribution in [1.82, 2.24) is 4.57 Å². The molecule has 0 aliphatic rings. The van der Waals surface area contributed by atoms with Crippen LogP contribution in [0.4, 0.5) is 4.39 Å². The largest absolute Gasteiger partial charge is 0.494 e. The Balaban J connectivity index is 2.48. The normalized spacial score (nSPS) is 11.0. The fourth-order valence-corrected chi connectivity index (χ4v) is 3.70. The molecule has 0 amide bonds. The topological polar surface area (TPSA) is 31.2 Å². The van der Waals surface area contributed by atoms with Crippen LogP contribution in [-0.2, 0) is 7.05 Å². The highest BCUT2D eigenvalue weighted by molar-refractivity contribution is 7.17. The van der Waals surface area contributed by atoms with E-state index in [1.54, 1.807) is 23.7 Å². The lowest BCUT2D eigenvalue weighted by Crippen LogP contribution is -2.20. The van der Waals surface area contributed by atoms with E-state index in [4.69, 9.17) is 4.74 Å². The van der Waals surface area contributed by atoms with E-state index < -0.39 is 0 Å². The average molecular weight is 303 g/mol. The van der Waals surface area contributed by atoms with Crippen LogP contribution in [0.25, 0.3) is 21.3 Å². The molecule has 0 radical (unpaired) electrons. The second-order valence-electron chi connectivity index (χ2n) is 4.88. The first-order valence-corrected chi connectivity index (χ1v) is 7.33. The fraction of sp³-hybridized carbons (Fsp3) is 0.188. The minimum atomic E-state index is -0.376. The first kappa shape index (κ1) is 13.8. The molecule has 3 nitrogen and oxygen atoms in total. The van der Waals surface area contributed by atoms with Crippen LogP contribution < -0.4 is 10.3 Å². The van der Waals surface area contributed by atoms with Gasteiger partial charge in [-0.25, -0.2) is 4.39 Å². The predicted octanol–water partition coefficient (Wildman–Crippen LogP) is 3.72. The van der Waals surface area contributed by atoms with E-state index in [0.717, 1.165) is 15.8 Å². The highest BCUT2D eigenvalue weighted by Gasteiger charge is 2.20. The van der Waals surface area contributed by atoms with Gasteiger partial charge in [-0.1, -0.05) is 12.1 Å². The highest BCUT2D eigenvalue weighted by atomic mass is 32.1. The lowest BCUT2D eigenvalue weighted by atomic mass is 10.1. The number of aromatic nitrogens is 1. The lowest BCUT2D eigenvalue weighted by Gasteiger charge is -2.13. The summed E-state index contributed by atoms with van der Waals surface area (Å²) in [6, 6.07) is 6.02. The Bertz CT molecular complexity index is 895. The second-order valence-corrected chi connectivity index (χ2v) is 5.76. The summed E-state index contributed by atoms with van der Waals surface area (Å²) in [7, 11) is 3.26. The minimum absolute atomic E-state index is 0.188. The second kappa shape index (κ2) is 5.00. The Hall–Kier alpha value is -2.14. The van der Waals surface area contributed by atoms with Crippen LogP contribution in [0.5, 0.6) is 5.75 Å². The molecule has 5 heteroatoms. The number of ether oxygens (including phenoxy) is 1. The molecule has 1 aromatic carbocycles. The van der Waals surface area contributed by atoms with E-state index in [0.29, 0.717) is 16.9 Å². The molecule has 0 spiro atoms. The number of nitrogens with zero attached hydrogens (tertiary/aromatic N) is 1. The van der Waals surface area contributed by atoms with Crippen molar-refractivity contribution in [2.45, 2.75) is 6.92 Å². The number of hydrogen-bond donors (Lipinski definition) is 0. The maximum absolute atomic E-state index is 13.5. The van der Waals surface area contributed by atoms with Gasteiger partial charge in [0.05, 0.1) is 22.9 Å². The van der Waals surface area contributed by atoms with Crippen LogP contribution >= 0.6 is 11.3 Å². The number of pyridine rings is 1. The zero-order valence-corrected chi connectivity index (χ0v) is 12.8. The number of aryl methyl sites for hydroxylation is 2. The van der Waals surface area contributed by atoms with Crippen LogP contribution in [0.1, 0.15) is 5.56 Å². The van der Waals surface area contributed by atoms with E-state index in [9.17, 15) is 9.18 Å². The third kappa shape index (κ3) is 2.05. The first-order valence-electron chi connectivity index (χ1n) is 6.45. The number of fused-ring (bicyclic) bond motifs is 1. The molecular formula is C16H14FNO2S. The van der Waals surface area contributed by atoms with Gasteiger partial charge in [0.15, 0.2) is 5.75 Å². The van der Waals surface area contributed by atoms with Crippen LogP contribution in [0.15, 0.2) is 34.4 Å². The Kier molecular flexibility index (Phi) is 3.29. The van der Waals surface area contributed by atoms with Gasteiger partial charge in [-0.15, -0.1) is 11.3 Å². The summed E-state index contributed by atoms with van der Waals surface area (Å²) in [5.74, 6) is 0.135. The van der Waals surface area contributed by atoms with Gasteiger partial charge in [0.2, 0.25) is 0 Å². The maximum atomic E-state index is 13.5. The number of rotatable bonds is 2. The predicted molar refractivity (Wildman–Crippen MR) is 83.7 cm³/mol. The van der Waals surface area contributed by atoms with Crippen molar-refractivity contribution in [3.63, 3.8) is 0 Å². The Morgan fingerprint density at radius 3 is 2.76 bits per heavy atom. The molecule has 0 fully saturated rings. The van der Waals surface area contributed by atoms with Crippen molar-refractivity contribution in [2.24, 2.45) is 7.05 Å². The van der Waals surface area contributed by atoms with Gasteiger partial charge in [-0.05, 0) is 35.6 Å². The minimum Gasteiger partial charge on any atom is -0.494 e. The molecule has 21 heavy (non-hydrogen) atoms. The Labute approximate surface area is 125 Å². The molecule has 0 aliphatic carbocycles. The van der Waals surface area contributed by atoms with E-state index >= 15 is 0 Å². The molecule has 0 saturated heterocycles. The summed E-state index contributed by atoms with van der Waals surface area (Å²) in [6.07, 6.45) is 0. The molecule has 0 unspecified atom stereocenters. The monoisotopic (exact) mass is 303 g/mol. The Morgan fingerprint density at radius 2 is 2.10 bits per heavy atom. The number of methoxy groups -OCH3 is 1. The van der Waals surface area contributed by atoms with Gasteiger partial charge in [0.1, 0.15) is 5.82 Å². The number of benzene rings is 1. The molecule has 2 heterocycles.